The van der Waals surface area contributed by atoms with Crippen molar-refractivity contribution in [3.8, 4) is 0 Å². The molecule has 0 rings (SSSR count). The van der Waals surface area contributed by atoms with Gasteiger partial charge >= 0.3 is 5.97 Å². The van der Waals surface area contributed by atoms with E-state index in [0.29, 0.717) is 18.8 Å². The van der Waals surface area contributed by atoms with Crippen LogP contribution in [0.25, 0.3) is 0 Å². The Morgan fingerprint density at radius 3 is 2.73 bits per heavy atom. The number of aliphatic hydroxyl groups is 1. The number of nitrogens with two attached hydrogens (primary N) is 1. The summed E-state index contributed by atoms with van der Waals surface area (Å²) in [4.78, 5) is 10.9. The van der Waals surface area contributed by atoms with E-state index in [1.54, 1.807) is 7.11 Å². The zero-order valence-electron chi connectivity index (χ0n) is 9.14. The summed E-state index contributed by atoms with van der Waals surface area (Å²) in [5.74, 6) is 0.909. The second-order valence-corrected chi connectivity index (χ2v) is 4.25. The van der Waals surface area contributed by atoms with Crippen molar-refractivity contribution in [2.75, 3.05) is 32.3 Å². The molecule has 0 saturated heterocycles. The first-order chi connectivity index (χ1) is 7.11. The number of thioether (sulfide) groups is 1. The summed E-state index contributed by atoms with van der Waals surface area (Å²) in [6, 6.07) is -0.568. The van der Waals surface area contributed by atoms with Crippen LogP contribution in [0.5, 0.6) is 0 Å². The van der Waals surface area contributed by atoms with Crippen molar-refractivity contribution in [2.45, 2.75) is 18.6 Å². The molecular weight excluding hydrogens is 218 g/mol. The van der Waals surface area contributed by atoms with Crippen molar-refractivity contribution in [3.63, 3.8) is 0 Å². The van der Waals surface area contributed by atoms with Gasteiger partial charge in [-0.15, -0.1) is 0 Å². The molecular formula is C9H19NO4S. The van der Waals surface area contributed by atoms with Crippen molar-refractivity contribution < 1.29 is 19.4 Å². The molecule has 6 heteroatoms. The predicted molar refractivity (Wildman–Crippen MR) is 59.8 cm³/mol. The first kappa shape index (κ1) is 14.7. The van der Waals surface area contributed by atoms with Gasteiger partial charge in [0.15, 0.2) is 0 Å². The minimum atomic E-state index is -0.568. The van der Waals surface area contributed by atoms with Gasteiger partial charge in [-0.25, -0.2) is 0 Å². The monoisotopic (exact) mass is 237 g/mol. The second kappa shape index (κ2) is 8.96. The minimum Gasteiger partial charge on any atom is -0.468 e. The maximum atomic E-state index is 10.9. The van der Waals surface area contributed by atoms with E-state index in [1.165, 1.54) is 18.9 Å². The van der Waals surface area contributed by atoms with Crippen molar-refractivity contribution in [2.24, 2.45) is 5.73 Å². The Labute approximate surface area is 94.3 Å². The molecule has 0 aromatic heterocycles. The van der Waals surface area contributed by atoms with E-state index in [2.05, 4.69) is 4.74 Å². The molecule has 0 saturated carbocycles. The molecule has 0 bridgehead atoms. The number of ether oxygens (including phenoxy) is 2. The van der Waals surface area contributed by atoms with E-state index >= 15 is 0 Å². The molecule has 5 nitrogen and oxygen atoms in total. The first-order valence-electron chi connectivity index (χ1n) is 4.70. The summed E-state index contributed by atoms with van der Waals surface area (Å²) in [5.41, 5.74) is 5.53. The molecule has 90 valence electrons. The number of esters is 1. The molecule has 15 heavy (non-hydrogen) atoms. The molecule has 0 amide bonds. The van der Waals surface area contributed by atoms with E-state index in [0.717, 1.165) is 5.75 Å². The normalized spacial score (nSPS) is 14.7. The third-order valence-electron chi connectivity index (χ3n) is 1.75. The van der Waals surface area contributed by atoms with Gasteiger partial charge < -0.3 is 20.3 Å². The largest absolute Gasteiger partial charge is 0.468 e. The first-order valence-corrected chi connectivity index (χ1v) is 5.85. The fraction of sp³-hybridized carbons (Fsp3) is 0.889. The Bertz CT molecular complexity index is 179. The fourth-order valence-corrected chi connectivity index (χ4v) is 1.89. The van der Waals surface area contributed by atoms with Gasteiger partial charge in [-0.05, 0) is 12.2 Å². The van der Waals surface area contributed by atoms with Crippen molar-refractivity contribution in [3.05, 3.63) is 0 Å². The lowest BCUT2D eigenvalue weighted by atomic mass is 10.2. The molecule has 0 fully saturated rings. The fourth-order valence-electron chi connectivity index (χ4n) is 0.939. The highest BCUT2D eigenvalue weighted by molar-refractivity contribution is 7.99. The smallest absolute Gasteiger partial charge is 0.322 e. The van der Waals surface area contributed by atoms with Crippen molar-refractivity contribution in [1.82, 2.24) is 0 Å². The molecule has 0 spiro atoms. The zero-order chi connectivity index (χ0) is 11.7. The molecule has 2 atom stereocenters. The van der Waals surface area contributed by atoms with Crippen LogP contribution in [0.3, 0.4) is 0 Å². The average molecular weight is 237 g/mol. The Morgan fingerprint density at radius 2 is 2.20 bits per heavy atom. The lowest BCUT2D eigenvalue weighted by Crippen LogP contribution is -2.32. The summed E-state index contributed by atoms with van der Waals surface area (Å²) in [7, 11) is 2.86. The van der Waals surface area contributed by atoms with E-state index in [4.69, 9.17) is 10.5 Å². The molecule has 0 aliphatic heterocycles. The van der Waals surface area contributed by atoms with Crippen LogP contribution in [-0.2, 0) is 14.3 Å². The second-order valence-electron chi connectivity index (χ2n) is 3.10. The van der Waals surface area contributed by atoms with Crippen LogP contribution in [0.4, 0.5) is 0 Å². The number of aliphatic hydroxyl groups excluding tert-OH is 1. The van der Waals surface area contributed by atoms with Crippen molar-refractivity contribution >= 4 is 17.7 Å². The summed E-state index contributed by atoms with van der Waals surface area (Å²) >= 11 is 1.54. The highest BCUT2D eigenvalue weighted by Gasteiger charge is 2.13. The Hall–Kier alpha value is -0.300. The summed E-state index contributed by atoms with van der Waals surface area (Å²) in [5, 5.41) is 9.30. The Kier molecular flexibility index (Phi) is 8.79. The average Bonchev–Trinajstić information content (AvgIpc) is 2.23. The lowest BCUT2D eigenvalue weighted by molar-refractivity contribution is -0.142. The van der Waals surface area contributed by atoms with Gasteiger partial charge in [0, 0.05) is 12.9 Å². The third-order valence-corrected chi connectivity index (χ3v) is 2.89. The number of hydrogen-bond donors (Lipinski definition) is 2. The van der Waals surface area contributed by atoms with Gasteiger partial charge in [-0.2, -0.15) is 11.8 Å². The van der Waals surface area contributed by atoms with Gasteiger partial charge in [-0.1, -0.05) is 0 Å². The SMILES string of the molecule is COCC(O)CSCCC(N)C(=O)OC. The Balaban J connectivity index is 3.41. The van der Waals surface area contributed by atoms with Gasteiger partial charge in [0.1, 0.15) is 6.04 Å². The highest BCUT2D eigenvalue weighted by Crippen LogP contribution is 2.07. The maximum Gasteiger partial charge on any atom is 0.322 e. The standard InChI is InChI=1S/C9H19NO4S/c1-13-5-7(11)6-15-4-3-8(10)9(12)14-2/h7-8,11H,3-6,10H2,1-2H3. The molecule has 0 aromatic carbocycles. The van der Waals surface area contributed by atoms with E-state index in [-0.39, 0.29) is 0 Å². The number of rotatable bonds is 8. The molecule has 0 radical (unpaired) electrons. The quantitative estimate of drug-likeness (QED) is 0.442. The van der Waals surface area contributed by atoms with E-state index in [9.17, 15) is 9.90 Å². The van der Waals surface area contributed by atoms with Crippen LogP contribution in [0, 0.1) is 0 Å². The minimum absolute atomic E-state index is 0.329. The number of carbonyl (C=O) groups excluding carboxylic acids is 1. The predicted octanol–water partition coefficient (Wildman–Crippen LogP) is -0.383. The molecule has 3 N–H and O–H groups in total. The maximum absolute atomic E-state index is 10.9. The van der Waals surface area contributed by atoms with Crippen LogP contribution >= 0.6 is 11.8 Å². The Morgan fingerprint density at radius 1 is 1.53 bits per heavy atom. The number of hydrogen-bond acceptors (Lipinski definition) is 6. The molecule has 0 aliphatic carbocycles. The van der Waals surface area contributed by atoms with Crippen LogP contribution in [0.2, 0.25) is 0 Å². The van der Waals surface area contributed by atoms with Crippen molar-refractivity contribution in [1.29, 1.82) is 0 Å². The topological polar surface area (TPSA) is 81.8 Å². The van der Waals surface area contributed by atoms with Crippen LogP contribution < -0.4 is 5.73 Å². The van der Waals surface area contributed by atoms with Gasteiger partial charge in [0.2, 0.25) is 0 Å². The van der Waals surface area contributed by atoms with Gasteiger partial charge in [0.25, 0.3) is 0 Å². The zero-order valence-corrected chi connectivity index (χ0v) is 9.96. The molecule has 0 aromatic rings. The lowest BCUT2D eigenvalue weighted by Gasteiger charge is -2.10. The van der Waals surface area contributed by atoms with Crippen LogP contribution in [0.15, 0.2) is 0 Å². The summed E-state index contributed by atoms with van der Waals surface area (Å²) < 4.78 is 9.26. The van der Waals surface area contributed by atoms with E-state index in [1.807, 2.05) is 0 Å². The third kappa shape index (κ3) is 7.61. The summed E-state index contributed by atoms with van der Waals surface area (Å²) in [6.07, 6.45) is 0.0891. The molecule has 0 heterocycles. The highest BCUT2D eigenvalue weighted by atomic mass is 32.2. The molecule has 0 aliphatic rings. The number of carbonyl (C=O) groups is 1. The van der Waals surface area contributed by atoms with Crippen LogP contribution in [0.1, 0.15) is 6.42 Å². The van der Waals surface area contributed by atoms with Crippen LogP contribution in [-0.4, -0.2) is 55.6 Å². The summed E-state index contributed by atoms with van der Waals surface area (Å²) in [6.45, 7) is 0.329. The van der Waals surface area contributed by atoms with E-state index < -0.39 is 18.1 Å². The number of methoxy groups -OCH3 is 2. The van der Waals surface area contributed by atoms with Gasteiger partial charge in [0.05, 0.1) is 19.8 Å². The van der Waals surface area contributed by atoms with Gasteiger partial charge in [-0.3, -0.25) is 4.79 Å². The molecule has 2 unspecified atom stereocenters.